The number of fused-ring (bicyclic) bond motifs is 1. The Morgan fingerprint density at radius 3 is 2.18 bits per heavy atom. The van der Waals surface area contributed by atoms with Gasteiger partial charge in [0.25, 0.3) is 5.91 Å². The first-order valence-corrected chi connectivity index (χ1v) is 15.5. The molecule has 1 heterocycles. The van der Waals surface area contributed by atoms with Crippen molar-refractivity contribution in [3.8, 4) is 11.1 Å². The minimum absolute atomic E-state index is 0.00678. The van der Waals surface area contributed by atoms with E-state index in [-0.39, 0.29) is 22.7 Å². The number of sulfonamides is 1. The summed E-state index contributed by atoms with van der Waals surface area (Å²) >= 11 is 1.02. The summed E-state index contributed by atoms with van der Waals surface area (Å²) < 4.78 is 48.0. The maximum atomic E-state index is 13.6. The van der Waals surface area contributed by atoms with E-state index in [1.807, 2.05) is 0 Å². The minimum Gasteiger partial charge on any atom is -0.478 e. The predicted octanol–water partition coefficient (Wildman–Crippen LogP) is 2.35. The summed E-state index contributed by atoms with van der Waals surface area (Å²) in [6, 6.07) is 19.4. The minimum atomic E-state index is -4.22. The second-order valence-electron chi connectivity index (χ2n) is 8.53. The maximum Gasteiger partial charge on any atom is 0.335 e. The fourth-order valence-corrected chi connectivity index (χ4v) is 7.47. The first kappa shape index (κ1) is 27.4. The molecule has 10 nitrogen and oxygen atoms in total. The van der Waals surface area contributed by atoms with Gasteiger partial charge in [0.1, 0.15) is 5.01 Å². The Bertz CT molecular complexity index is 1730. The van der Waals surface area contributed by atoms with Crippen molar-refractivity contribution in [3.63, 3.8) is 0 Å². The molecule has 0 spiro atoms. The molecule has 1 aromatic heterocycles. The summed E-state index contributed by atoms with van der Waals surface area (Å²) in [6.07, 6.45) is 0.931. The molecular weight excluding hydrogens is 550 g/mol. The molecule has 3 aromatic carbocycles. The van der Waals surface area contributed by atoms with Crippen molar-refractivity contribution < 1.29 is 31.5 Å². The number of nitrogens with one attached hydrogen (secondary N) is 1. The van der Waals surface area contributed by atoms with E-state index in [1.165, 1.54) is 24.3 Å². The fourth-order valence-electron chi connectivity index (χ4n) is 4.06. The van der Waals surface area contributed by atoms with Crippen LogP contribution in [0.15, 0.2) is 72.8 Å². The molecule has 13 heteroatoms. The summed E-state index contributed by atoms with van der Waals surface area (Å²) in [7, 11) is -8.12. The van der Waals surface area contributed by atoms with Crippen molar-refractivity contribution in [1.29, 1.82) is 0 Å². The van der Waals surface area contributed by atoms with Gasteiger partial charge in [-0.3, -0.25) is 4.79 Å². The fraction of sp³-hybridized carbons (Fsp3) is 0.160. The molecule has 4 aromatic rings. The molecule has 4 rings (SSSR count). The van der Waals surface area contributed by atoms with Gasteiger partial charge >= 0.3 is 5.97 Å². The lowest BCUT2D eigenvalue weighted by molar-refractivity contribution is -0.122. The van der Waals surface area contributed by atoms with Crippen LogP contribution >= 0.6 is 11.3 Å². The zero-order valence-electron chi connectivity index (χ0n) is 20.0. The Hall–Kier alpha value is -3.65. The summed E-state index contributed by atoms with van der Waals surface area (Å²) in [5.74, 6) is -2.56. The molecule has 0 saturated heterocycles. The highest BCUT2D eigenvalue weighted by molar-refractivity contribution is 7.92. The number of hydrogen-bond acceptors (Lipinski definition) is 8. The lowest BCUT2D eigenvalue weighted by atomic mass is 9.97. The van der Waals surface area contributed by atoms with Gasteiger partial charge in [0.15, 0.2) is 9.84 Å². The zero-order valence-corrected chi connectivity index (χ0v) is 22.4. The Morgan fingerprint density at radius 1 is 0.974 bits per heavy atom. The molecule has 0 radical (unpaired) electrons. The number of carboxylic acids is 1. The molecule has 0 fully saturated rings. The third-order valence-electron chi connectivity index (χ3n) is 5.88. The van der Waals surface area contributed by atoms with E-state index in [0.29, 0.717) is 10.2 Å². The maximum absolute atomic E-state index is 13.6. The van der Waals surface area contributed by atoms with E-state index in [9.17, 15) is 26.4 Å². The highest BCUT2D eigenvalue weighted by Crippen LogP contribution is 2.42. The SMILES string of the molecule is CS(=O)(=O)C(C(=O)NCCS(N)(=O)=O)(c1ccccc1)c1nc2ccc(-c3ccc(C(=O)O)cc3)cc2s1. The van der Waals surface area contributed by atoms with Crippen LogP contribution in [0.25, 0.3) is 21.3 Å². The predicted molar refractivity (Wildman–Crippen MR) is 145 cm³/mol. The number of benzene rings is 3. The van der Waals surface area contributed by atoms with Crippen molar-refractivity contribution in [2.75, 3.05) is 18.6 Å². The lowest BCUT2D eigenvalue weighted by Crippen LogP contribution is -2.51. The second kappa shape index (κ2) is 10.3. The van der Waals surface area contributed by atoms with Crippen LogP contribution in [0.5, 0.6) is 0 Å². The van der Waals surface area contributed by atoms with Gasteiger partial charge in [-0.05, 0) is 41.0 Å². The van der Waals surface area contributed by atoms with Gasteiger partial charge in [-0.15, -0.1) is 11.3 Å². The lowest BCUT2D eigenvalue weighted by Gasteiger charge is -2.29. The highest BCUT2D eigenvalue weighted by Gasteiger charge is 2.54. The van der Waals surface area contributed by atoms with Crippen LogP contribution in [0.4, 0.5) is 0 Å². The molecule has 0 aliphatic rings. The summed E-state index contributed by atoms with van der Waals surface area (Å²) in [4.78, 5) is 29.3. The van der Waals surface area contributed by atoms with E-state index in [1.54, 1.807) is 48.5 Å². The van der Waals surface area contributed by atoms with Crippen molar-refractivity contribution in [3.05, 3.63) is 88.9 Å². The van der Waals surface area contributed by atoms with Crippen LogP contribution in [0.1, 0.15) is 20.9 Å². The van der Waals surface area contributed by atoms with Gasteiger partial charge in [-0.25, -0.2) is 31.8 Å². The second-order valence-corrected chi connectivity index (χ2v) is 13.4. The average Bonchev–Trinajstić information content (AvgIpc) is 3.26. The Kier molecular flexibility index (Phi) is 7.39. The van der Waals surface area contributed by atoms with Crippen LogP contribution in [0.3, 0.4) is 0 Å². The Labute approximate surface area is 223 Å². The van der Waals surface area contributed by atoms with Crippen LogP contribution in [0, 0.1) is 0 Å². The van der Waals surface area contributed by atoms with Gasteiger partial charge in [-0.2, -0.15) is 0 Å². The normalized spacial score (nSPS) is 13.6. The van der Waals surface area contributed by atoms with Gasteiger partial charge in [0.05, 0.1) is 21.5 Å². The van der Waals surface area contributed by atoms with Crippen molar-refractivity contribution in [2.24, 2.45) is 5.14 Å². The standard InChI is InChI=1S/C25H23N3O7S3/c1-37(32,33)25(19-5-3-2-4-6-19,23(31)27-13-14-38(26,34)35)24-28-20-12-11-18(15-21(20)36-24)16-7-9-17(10-8-16)22(29)30/h2-12,15H,13-14H2,1H3,(H,27,31)(H,29,30)(H2,26,34,35). The van der Waals surface area contributed by atoms with Crippen LogP contribution < -0.4 is 10.5 Å². The number of thiazole rings is 1. The highest BCUT2D eigenvalue weighted by atomic mass is 32.2. The number of carbonyl (C=O) groups is 2. The van der Waals surface area contributed by atoms with Gasteiger partial charge < -0.3 is 10.4 Å². The van der Waals surface area contributed by atoms with Crippen molar-refractivity contribution in [1.82, 2.24) is 10.3 Å². The third-order valence-corrected chi connectivity index (χ3v) is 9.65. The number of aromatic nitrogens is 1. The molecule has 198 valence electrons. The average molecular weight is 574 g/mol. The molecular formula is C25H23N3O7S3. The number of primary sulfonamides is 1. The molecule has 0 bridgehead atoms. The largest absolute Gasteiger partial charge is 0.478 e. The topological polar surface area (TPSA) is 174 Å². The number of carboxylic acid groups (broad SMARTS) is 1. The van der Waals surface area contributed by atoms with E-state index in [2.05, 4.69) is 10.3 Å². The van der Waals surface area contributed by atoms with E-state index in [4.69, 9.17) is 10.2 Å². The molecule has 0 aliphatic carbocycles. The molecule has 1 atom stereocenters. The molecule has 0 aliphatic heterocycles. The van der Waals surface area contributed by atoms with Crippen LogP contribution in [0.2, 0.25) is 0 Å². The first-order valence-electron chi connectivity index (χ1n) is 11.1. The summed E-state index contributed by atoms with van der Waals surface area (Å²) in [5.41, 5.74) is 2.23. The number of aromatic carboxylic acids is 1. The smallest absolute Gasteiger partial charge is 0.335 e. The van der Waals surface area contributed by atoms with Crippen molar-refractivity contribution in [2.45, 2.75) is 4.75 Å². The number of amides is 1. The Balaban J connectivity index is 1.86. The number of sulfone groups is 1. The van der Waals surface area contributed by atoms with E-state index in [0.717, 1.165) is 28.7 Å². The Morgan fingerprint density at radius 2 is 1.61 bits per heavy atom. The molecule has 1 unspecified atom stereocenters. The van der Waals surface area contributed by atoms with Gasteiger partial charge in [-0.1, -0.05) is 48.5 Å². The molecule has 38 heavy (non-hydrogen) atoms. The number of rotatable bonds is 9. The van der Waals surface area contributed by atoms with E-state index < -0.39 is 42.2 Å². The number of carbonyl (C=O) groups excluding carboxylic acids is 1. The zero-order chi connectivity index (χ0) is 27.7. The van der Waals surface area contributed by atoms with Crippen LogP contribution in [-0.2, 0) is 29.4 Å². The third kappa shape index (κ3) is 5.31. The summed E-state index contributed by atoms with van der Waals surface area (Å²) in [5, 5.41) is 16.6. The van der Waals surface area contributed by atoms with Crippen LogP contribution in [-0.4, -0.2) is 57.4 Å². The first-order chi connectivity index (χ1) is 17.8. The molecule has 0 saturated carbocycles. The van der Waals surface area contributed by atoms with Gasteiger partial charge in [0, 0.05) is 12.8 Å². The van der Waals surface area contributed by atoms with Crippen molar-refractivity contribution >= 4 is 53.3 Å². The molecule has 1 amide bonds. The quantitative estimate of drug-likeness (QED) is 0.274. The number of hydrogen-bond donors (Lipinski definition) is 3. The number of nitrogens with two attached hydrogens (primary N) is 1. The molecule has 4 N–H and O–H groups in total. The monoisotopic (exact) mass is 573 g/mol. The van der Waals surface area contributed by atoms with E-state index >= 15 is 0 Å². The summed E-state index contributed by atoms with van der Waals surface area (Å²) in [6.45, 7) is -0.386. The van der Waals surface area contributed by atoms with Gasteiger partial charge in [0.2, 0.25) is 14.8 Å². The number of nitrogens with zero attached hydrogens (tertiary/aromatic N) is 1.